The molecule has 1 N–H and O–H groups in total. The summed E-state index contributed by atoms with van der Waals surface area (Å²) in [5.41, 5.74) is 0.292. The van der Waals surface area contributed by atoms with Gasteiger partial charge in [-0.3, -0.25) is 4.55 Å². The number of halogens is 3. The fourth-order valence-electron chi connectivity index (χ4n) is 1.55. The third kappa shape index (κ3) is 4.17. The van der Waals surface area contributed by atoms with Crippen molar-refractivity contribution in [2.75, 3.05) is 0 Å². The van der Waals surface area contributed by atoms with E-state index in [0.717, 1.165) is 12.1 Å². The van der Waals surface area contributed by atoms with Crippen LogP contribution in [0.1, 0.15) is 10.4 Å². The highest BCUT2D eigenvalue weighted by atomic mass is 79.9. The van der Waals surface area contributed by atoms with Crippen LogP contribution < -0.4 is 4.74 Å². The molecule has 0 saturated heterocycles. The van der Waals surface area contributed by atoms with Crippen LogP contribution in [0, 0.1) is 0 Å². The van der Waals surface area contributed by atoms with Crippen molar-refractivity contribution in [3.8, 4) is 5.75 Å². The van der Waals surface area contributed by atoms with E-state index in [1.165, 1.54) is 12.1 Å². The normalized spacial score (nSPS) is 11.3. The standard InChI is InChI=1S/C13H7Br3O5S/c14-7-5-10(12(16)11(15)6-7)13(17)21-8-1-3-9(4-2-8)22(18,19)20/h1-6H,(H,18,19,20). The predicted octanol–water partition coefficient (Wildman–Crippen LogP) is 4.44. The molecule has 0 fully saturated rings. The minimum Gasteiger partial charge on any atom is -0.423 e. The summed E-state index contributed by atoms with van der Waals surface area (Å²) in [7, 11) is -4.28. The Balaban J connectivity index is 2.26. The first-order valence-electron chi connectivity index (χ1n) is 5.63. The minimum atomic E-state index is -4.28. The van der Waals surface area contributed by atoms with Gasteiger partial charge in [0.2, 0.25) is 0 Å². The Bertz CT molecular complexity index is 831. The summed E-state index contributed by atoms with van der Waals surface area (Å²) in [4.78, 5) is 11.9. The molecule has 0 amide bonds. The third-order valence-corrected chi connectivity index (χ3v) is 5.88. The molecule has 2 aromatic carbocycles. The molecule has 0 unspecified atom stereocenters. The van der Waals surface area contributed by atoms with Crippen LogP contribution in [0.2, 0.25) is 0 Å². The molecule has 0 spiro atoms. The molecule has 9 heteroatoms. The van der Waals surface area contributed by atoms with Crippen LogP contribution in [-0.4, -0.2) is 18.9 Å². The van der Waals surface area contributed by atoms with Crippen molar-refractivity contribution in [1.29, 1.82) is 0 Å². The Kier molecular flexibility index (Phi) is 5.44. The number of hydrogen-bond donors (Lipinski definition) is 1. The highest BCUT2D eigenvalue weighted by molar-refractivity contribution is 9.13. The third-order valence-electron chi connectivity index (χ3n) is 2.55. The summed E-state index contributed by atoms with van der Waals surface area (Å²) in [5, 5.41) is 0. The molecule has 0 aromatic heterocycles. The SMILES string of the molecule is O=C(Oc1ccc(S(=O)(=O)O)cc1)c1cc(Br)cc(Br)c1Br. The van der Waals surface area contributed by atoms with Gasteiger partial charge in [-0.25, -0.2) is 4.79 Å². The predicted molar refractivity (Wildman–Crippen MR) is 90.8 cm³/mol. The lowest BCUT2D eigenvalue weighted by Gasteiger charge is -2.08. The zero-order valence-electron chi connectivity index (χ0n) is 10.6. The van der Waals surface area contributed by atoms with E-state index in [4.69, 9.17) is 9.29 Å². The van der Waals surface area contributed by atoms with Gasteiger partial charge in [0.1, 0.15) is 5.75 Å². The molecule has 5 nitrogen and oxygen atoms in total. The van der Waals surface area contributed by atoms with E-state index in [9.17, 15) is 13.2 Å². The van der Waals surface area contributed by atoms with Gasteiger partial charge in [0, 0.05) is 13.4 Å². The molecule has 116 valence electrons. The smallest absolute Gasteiger partial charge is 0.344 e. The highest BCUT2D eigenvalue weighted by Gasteiger charge is 2.16. The largest absolute Gasteiger partial charge is 0.423 e. The second kappa shape index (κ2) is 6.79. The fourth-order valence-corrected chi connectivity index (χ4v) is 3.64. The van der Waals surface area contributed by atoms with Crippen LogP contribution in [0.5, 0.6) is 5.75 Å². The van der Waals surface area contributed by atoms with Crippen LogP contribution in [0.25, 0.3) is 0 Å². The van der Waals surface area contributed by atoms with E-state index < -0.39 is 16.1 Å². The van der Waals surface area contributed by atoms with Crippen LogP contribution in [-0.2, 0) is 10.1 Å². The van der Waals surface area contributed by atoms with Crippen molar-refractivity contribution in [1.82, 2.24) is 0 Å². The number of carbonyl (C=O) groups is 1. The fraction of sp³-hybridized carbons (Fsp3) is 0. The first-order chi connectivity index (χ1) is 10.2. The molecule has 0 saturated carbocycles. The van der Waals surface area contributed by atoms with Crippen molar-refractivity contribution in [2.45, 2.75) is 4.90 Å². The molecule has 0 atom stereocenters. The van der Waals surface area contributed by atoms with Crippen molar-refractivity contribution >= 4 is 63.9 Å². The van der Waals surface area contributed by atoms with Gasteiger partial charge in [-0.1, -0.05) is 15.9 Å². The van der Waals surface area contributed by atoms with E-state index >= 15 is 0 Å². The molecule has 0 aliphatic heterocycles. The molecular weight excluding hydrogens is 508 g/mol. The van der Waals surface area contributed by atoms with Crippen molar-refractivity contribution in [2.24, 2.45) is 0 Å². The van der Waals surface area contributed by atoms with E-state index in [2.05, 4.69) is 47.8 Å². The quantitative estimate of drug-likeness (QED) is 0.283. The van der Waals surface area contributed by atoms with Gasteiger partial charge in [0.05, 0.1) is 10.5 Å². The maximum atomic E-state index is 12.2. The van der Waals surface area contributed by atoms with Gasteiger partial charge in [0.15, 0.2) is 0 Å². The molecule has 0 heterocycles. The molecule has 0 aliphatic rings. The van der Waals surface area contributed by atoms with Crippen LogP contribution in [0.15, 0.2) is 54.7 Å². The van der Waals surface area contributed by atoms with Crippen LogP contribution >= 0.6 is 47.8 Å². The van der Waals surface area contributed by atoms with Gasteiger partial charge in [-0.2, -0.15) is 8.42 Å². The highest BCUT2D eigenvalue weighted by Crippen LogP contribution is 2.31. The van der Waals surface area contributed by atoms with Crippen molar-refractivity contribution in [3.05, 3.63) is 55.4 Å². The summed E-state index contributed by atoms with van der Waals surface area (Å²) in [6.07, 6.45) is 0. The Morgan fingerprint density at radius 2 is 1.64 bits per heavy atom. The van der Waals surface area contributed by atoms with Gasteiger partial charge in [-0.15, -0.1) is 0 Å². The number of hydrogen-bond acceptors (Lipinski definition) is 4. The summed E-state index contributed by atoms with van der Waals surface area (Å²) >= 11 is 9.87. The van der Waals surface area contributed by atoms with Crippen molar-refractivity contribution < 1.29 is 22.5 Å². The van der Waals surface area contributed by atoms with E-state index in [-0.39, 0.29) is 10.6 Å². The second-order valence-corrected chi connectivity index (χ2v) is 8.07. The first kappa shape index (κ1) is 17.6. The Morgan fingerprint density at radius 1 is 1.05 bits per heavy atom. The van der Waals surface area contributed by atoms with E-state index in [1.54, 1.807) is 12.1 Å². The van der Waals surface area contributed by atoms with Gasteiger partial charge >= 0.3 is 5.97 Å². The van der Waals surface area contributed by atoms with Gasteiger partial charge in [0.25, 0.3) is 10.1 Å². The monoisotopic (exact) mass is 512 g/mol. The lowest BCUT2D eigenvalue weighted by Crippen LogP contribution is -2.10. The van der Waals surface area contributed by atoms with E-state index in [1.807, 2.05) is 0 Å². The maximum absolute atomic E-state index is 12.2. The average molecular weight is 515 g/mol. The lowest BCUT2D eigenvalue weighted by atomic mass is 10.2. The van der Waals surface area contributed by atoms with Gasteiger partial charge < -0.3 is 4.74 Å². The molecule has 2 aromatic rings. The maximum Gasteiger partial charge on any atom is 0.344 e. The summed E-state index contributed by atoms with van der Waals surface area (Å²) < 4.78 is 37.8. The summed E-state index contributed by atoms with van der Waals surface area (Å²) in [6.45, 7) is 0. The first-order valence-corrected chi connectivity index (χ1v) is 9.44. The number of ether oxygens (including phenoxy) is 1. The topological polar surface area (TPSA) is 80.7 Å². The summed E-state index contributed by atoms with van der Waals surface area (Å²) in [6, 6.07) is 8.20. The summed E-state index contributed by atoms with van der Waals surface area (Å²) in [5.74, 6) is -0.464. The average Bonchev–Trinajstić information content (AvgIpc) is 2.42. The lowest BCUT2D eigenvalue weighted by molar-refractivity contribution is 0.0733. The molecule has 0 radical (unpaired) electrons. The molecule has 22 heavy (non-hydrogen) atoms. The van der Waals surface area contributed by atoms with Crippen LogP contribution in [0.3, 0.4) is 0 Å². The number of carbonyl (C=O) groups excluding carboxylic acids is 1. The zero-order valence-corrected chi connectivity index (χ0v) is 16.2. The second-order valence-electron chi connectivity index (χ2n) is 4.09. The van der Waals surface area contributed by atoms with Gasteiger partial charge in [-0.05, 0) is 68.3 Å². The molecule has 0 bridgehead atoms. The number of rotatable bonds is 3. The molecule has 2 rings (SSSR count). The Morgan fingerprint density at radius 3 is 2.18 bits per heavy atom. The Hall–Kier alpha value is -0.740. The molecule has 0 aliphatic carbocycles. The Labute approximate surface area is 151 Å². The number of esters is 1. The molecular formula is C13H7Br3O5S. The van der Waals surface area contributed by atoms with E-state index in [0.29, 0.717) is 19.0 Å². The zero-order chi connectivity index (χ0) is 16.5. The van der Waals surface area contributed by atoms with Crippen LogP contribution in [0.4, 0.5) is 0 Å². The minimum absolute atomic E-state index is 0.153. The van der Waals surface area contributed by atoms with Crippen molar-refractivity contribution in [3.63, 3.8) is 0 Å². The number of benzene rings is 2.